The molecule has 2 N–H and O–H groups in total. The maximum absolute atomic E-state index is 11.7. The smallest absolute Gasteiger partial charge is 0.303 e. The predicted molar refractivity (Wildman–Crippen MR) is 96.0 cm³/mol. The minimum Gasteiger partial charge on any atom is -0.462 e. The van der Waals surface area contributed by atoms with E-state index in [-0.39, 0.29) is 6.42 Å². The highest BCUT2D eigenvalue weighted by molar-refractivity contribution is 5.98. The topological polar surface area (TPSA) is 150 Å². The molecule has 0 bridgehead atoms. The first kappa shape index (κ1) is 24.9. The van der Waals surface area contributed by atoms with E-state index in [0.717, 1.165) is 20.8 Å². The van der Waals surface area contributed by atoms with E-state index >= 15 is 0 Å². The van der Waals surface area contributed by atoms with Gasteiger partial charge in [-0.25, -0.2) is 0 Å². The molecule has 1 aliphatic heterocycles. The molecule has 6 atom stereocenters. The Balaban J connectivity index is 3.30. The van der Waals surface area contributed by atoms with Gasteiger partial charge in [-0.1, -0.05) is 0 Å². The van der Waals surface area contributed by atoms with E-state index in [4.69, 9.17) is 42.1 Å². The summed E-state index contributed by atoms with van der Waals surface area (Å²) in [4.78, 5) is 46.0. The minimum atomic E-state index is -1.46. The van der Waals surface area contributed by atoms with Crippen LogP contribution in [0.4, 0.5) is 0 Å². The van der Waals surface area contributed by atoms with Gasteiger partial charge in [-0.05, 0) is 6.92 Å². The Morgan fingerprint density at radius 2 is 1.66 bits per heavy atom. The van der Waals surface area contributed by atoms with Crippen molar-refractivity contribution in [2.24, 2.45) is 5.73 Å². The molecule has 12 heteroatoms. The van der Waals surface area contributed by atoms with Gasteiger partial charge in [-0.3, -0.25) is 19.2 Å². The minimum absolute atomic E-state index is 0.00425. The van der Waals surface area contributed by atoms with Gasteiger partial charge in [0.05, 0.1) is 6.04 Å². The van der Waals surface area contributed by atoms with Crippen LogP contribution >= 0.6 is 0 Å². The molecule has 0 aromatic rings. The molecule has 0 amide bonds. The van der Waals surface area contributed by atoms with Gasteiger partial charge >= 0.3 is 23.9 Å². The van der Waals surface area contributed by atoms with Crippen molar-refractivity contribution in [3.63, 3.8) is 0 Å². The predicted octanol–water partition coefficient (Wildman–Crippen LogP) is -0.723. The number of rotatable bonds is 8. The summed E-state index contributed by atoms with van der Waals surface area (Å²) in [5.74, 6) is -4.17. The van der Waals surface area contributed by atoms with E-state index in [1.807, 2.05) is 0 Å². The molecule has 0 aromatic heterocycles. The van der Waals surface area contributed by atoms with Gasteiger partial charge in [0.25, 0.3) is 8.05 Å². The van der Waals surface area contributed by atoms with Crippen molar-refractivity contribution in [1.29, 1.82) is 0 Å². The van der Waals surface area contributed by atoms with Crippen LogP contribution in [0.25, 0.3) is 0 Å². The third-order valence-corrected chi connectivity index (χ3v) is 4.09. The first-order valence-electron chi connectivity index (χ1n) is 8.85. The summed E-state index contributed by atoms with van der Waals surface area (Å²) in [5, 5.41) is 0. The summed E-state index contributed by atoms with van der Waals surface area (Å²) in [6.07, 6.45) is -4.68. The Morgan fingerprint density at radius 3 is 2.10 bits per heavy atom. The molecule has 1 fully saturated rings. The summed E-state index contributed by atoms with van der Waals surface area (Å²) in [7, 11) is 5.33. The van der Waals surface area contributed by atoms with E-state index in [0.29, 0.717) is 0 Å². The van der Waals surface area contributed by atoms with Crippen molar-refractivity contribution < 1.29 is 47.5 Å². The largest absolute Gasteiger partial charge is 0.462 e. The monoisotopic (exact) mass is 415 g/mol. The van der Waals surface area contributed by atoms with Crippen LogP contribution in [-0.4, -0.2) is 74.8 Å². The number of carbonyl (C=O) groups is 4. The van der Waals surface area contributed by atoms with Gasteiger partial charge in [0.15, 0.2) is 18.0 Å². The van der Waals surface area contributed by atoms with Gasteiger partial charge in [0.1, 0.15) is 18.8 Å². The van der Waals surface area contributed by atoms with Gasteiger partial charge in [0, 0.05) is 34.1 Å². The van der Waals surface area contributed by atoms with Crippen LogP contribution in [0.3, 0.4) is 0 Å². The van der Waals surface area contributed by atoms with E-state index in [2.05, 4.69) is 0 Å². The third kappa shape index (κ3) is 7.63. The van der Waals surface area contributed by atoms with Crippen molar-refractivity contribution in [3.8, 4) is 0 Å². The molecule has 1 saturated heterocycles. The lowest BCUT2D eigenvalue weighted by atomic mass is 9.89. The Hall–Kier alpha value is -2.18. The molecule has 2 unspecified atom stereocenters. The van der Waals surface area contributed by atoms with Crippen LogP contribution in [0, 0.1) is 0 Å². The number of nitrogens with two attached hydrogens (primary N) is 1. The van der Waals surface area contributed by atoms with Crippen LogP contribution in [-0.2, 0) is 47.5 Å². The number of esters is 4. The first-order chi connectivity index (χ1) is 13.4. The molecule has 1 rings (SSSR count). The number of hydrogen-bond acceptors (Lipinski definition) is 11. The number of ether oxygens (including phenoxy) is 5. The molecule has 0 saturated carbocycles. The molecular formula is C17H26BNO10. The molecule has 2 radical (unpaired) electrons. The normalized spacial score (nSPS) is 28.6. The molecule has 0 aliphatic carbocycles. The highest BCUT2D eigenvalue weighted by Crippen LogP contribution is 2.34. The van der Waals surface area contributed by atoms with E-state index in [1.54, 1.807) is 0 Å². The maximum Gasteiger partial charge on any atom is 0.303 e. The fourth-order valence-corrected chi connectivity index (χ4v) is 2.98. The van der Waals surface area contributed by atoms with Crippen molar-refractivity contribution in [1.82, 2.24) is 0 Å². The summed E-state index contributed by atoms with van der Waals surface area (Å²) in [6, 6.07) is -1.01. The highest BCUT2D eigenvalue weighted by atomic mass is 16.7. The van der Waals surface area contributed by atoms with Crippen molar-refractivity contribution in [2.75, 3.05) is 6.61 Å². The van der Waals surface area contributed by atoms with Crippen LogP contribution in [0.2, 0.25) is 0 Å². The van der Waals surface area contributed by atoms with Crippen LogP contribution < -0.4 is 5.73 Å². The lowest BCUT2D eigenvalue weighted by molar-refractivity contribution is -0.282. The zero-order valence-electron chi connectivity index (χ0n) is 17.0. The van der Waals surface area contributed by atoms with E-state index in [1.165, 1.54) is 13.8 Å². The van der Waals surface area contributed by atoms with E-state index in [9.17, 15) is 19.2 Å². The Morgan fingerprint density at radius 1 is 1.07 bits per heavy atom. The molecule has 1 heterocycles. The fourth-order valence-electron chi connectivity index (χ4n) is 2.98. The molecule has 0 aromatic carbocycles. The molecule has 1 aliphatic rings. The molecular weight excluding hydrogens is 389 g/mol. The average molecular weight is 415 g/mol. The lowest BCUT2D eigenvalue weighted by Crippen LogP contribution is -2.65. The van der Waals surface area contributed by atoms with Crippen LogP contribution in [0.15, 0.2) is 0 Å². The second-order valence-corrected chi connectivity index (χ2v) is 6.79. The SMILES string of the molecule is [B]O[C@]1(C)CC(OC(C)=O)C(N)[C@H]([C@H](OC(C)=O)[C@@H](COC(C)=O)OC(C)=O)O1. The van der Waals surface area contributed by atoms with Crippen LogP contribution in [0.5, 0.6) is 0 Å². The molecule has 29 heavy (non-hydrogen) atoms. The summed E-state index contributed by atoms with van der Waals surface area (Å²) in [5.41, 5.74) is 6.21. The van der Waals surface area contributed by atoms with Crippen molar-refractivity contribution in [2.45, 2.75) is 77.3 Å². The summed E-state index contributed by atoms with van der Waals surface area (Å²) in [6.45, 7) is 5.65. The lowest BCUT2D eigenvalue weighted by Gasteiger charge is -2.47. The van der Waals surface area contributed by atoms with Gasteiger partial charge in [0.2, 0.25) is 0 Å². The highest BCUT2D eigenvalue weighted by Gasteiger charge is 2.51. The standard InChI is InChI=1S/C17H26BNO10/c1-8(20)24-7-13(26-10(3)22)15(27-11(4)23)16-14(19)12(25-9(2)21)6-17(5,28-16)29-18/h12-16H,6-7,19H2,1-5H3/t12?,13-,14?,15-,16-,17-/m1/s1. The molecule has 0 spiro atoms. The Kier molecular flexibility index (Phi) is 9.05. The zero-order valence-corrected chi connectivity index (χ0v) is 17.0. The Labute approximate surface area is 169 Å². The van der Waals surface area contributed by atoms with Crippen LogP contribution in [0.1, 0.15) is 41.0 Å². The third-order valence-electron chi connectivity index (χ3n) is 4.09. The number of hydrogen-bond donors (Lipinski definition) is 1. The Bertz CT molecular complexity index is 629. The fraction of sp³-hybridized carbons (Fsp3) is 0.765. The first-order valence-corrected chi connectivity index (χ1v) is 8.85. The molecule has 162 valence electrons. The van der Waals surface area contributed by atoms with Crippen molar-refractivity contribution >= 4 is 31.9 Å². The number of carbonyl (C=O) groups excluding carboxylic acids is 4. The van der Waals surface area contributed by atoms with Gasteiger partial charge in [-0.15, -0.1) is 0 Å². The maximum atomic E-state index is 11.7. The molecule has 11 nitrogen and oxygen atoms in total. The second kappa shape index (κ2) is 10.6. The van der Waals surface area contributed by atoms with Gasteiger partial charge in [-0.2, -0.15) is 0 Å². The van der Waals surface area contributed by atoms with Gasteiger partial charge < -0.3 is 34.1 Å². The second-order valence-electron chi connectivity index (χ2n) is 6.79. The summed E-state index contributed by atoms with van der Waals surface area (Å²) >= 11 is 0. The summed E-state index contributed by atoms with van der Waals surface area (Å²) < 4.78 is 31.3. The quantitative estimate of drug-likeness (QED) is 0.304. The van der Waals surface area contributed by atoms with E-state index < -0.39 is 66.7 Å². The van der Waals surface area contributed by atoms with Crippen molar-refractivity contribution in [3.05, 3.63) is 0 Å². The zero-order chi connectivity index (χ0) is 22.4. The average Bonchev–Trinajstić information content (AvgIpc) is 2.58.